The van der Waals surface area contributed by atoms with E-state index in [-0.39, 0.29) is 34.4 Å². The minimum Gasteiger partial charge on any atom is -0.493 e. The molecule has 0 atom stereocenters. The van der Waals surface area contributed by atoms with Crippen LogP contribution in [0.3, 0.4) is 0 Å². The topological polar surface area (TPSA) is 114 Å². The SMILES string of the molecule is COc1cc(/C=C2\C(=O)NC(=O)N(c3ccc(Br)cc3)C2=O)cc(Cl)c1OCC(=O)Nc1ccc(C)c(C)c1. The fourth-order valence-electron chi connectivity index (χ4n) is 3.77. The highest BCUT2D eigenvalue weighted by molar-refractivity contribution is 9.10. The molecule has 0 aromatic heterocycles. The summed E-state index contributed by atoms with van der Waals surface area (Å²) in [6.07, 6.45) is 1.29. The molecule has 9 nitrogen and oxygen atoms in total. The van der Waals surface area contributed by atoms with E-state index >= 15 is 0 Å². The number of urea groups is 1. The largest absolute Gasteiger partial charge is 0.493 e. The minimum absolute atomic E-state index is 0.0877. The lowest BCUT2D eigenvalue weighted by atomic mass is 10.1. The van der Waals surface area contributed by atoms with Gasteiger partial charge in [0.2, 0.25) is 0 Å². The first-order chi connectivity index (χ1) is 18.6. The fraction of sp³-hybridized carbons (Fsp3) is 0.143. The van der Waals surface area contributed by atoms with E-state index in [1.807, 2.05) is 26.0 Å². The van der Waals surface area contributed by atoms with Crippen molar-refractivity contribution in [1.82, 2.24) is 5.32 Å². The number of halogens is 2. The Hall–Kier alpha value is -4.15. The molecule has 5 amide bonds. The Bertz CT molecular complexity index is 1520. The molecule has 0 aliphatic carbocycles. The third-order valence-corrected chi connectivity index (χ3v) is 6.70. The monoisotopic (exact) mass is 611 g/mol. The van der Waals surface area contributed by atoms with Gasteiger partial charge in [-0.05, 0) is 85.1 Å². The van der Waals surface area contributed by atoms with Crippen LogP contribution in [0.1, 0.15) is 16.7 Å². The number of methoxy groups -OCH3 is 1. The Morgan fingerprint density at radius 2 is 1.77 bits per heavy atom. The maximum atomic E-state index is 13.1. The Morgan fingerprint density at radius 3 is 2.44 bits per heavy atom. The van der Waals surface area contributed by atoms with Gasteiger partial charge in [0, 0.05) is 10.2 Å². The number of nitrogens with zero attached hydrogens (tertiary/aromatic N) is 1. The number of imide groups is 2. The summed E-state index contributed by atoms with van der Waals surface area (Å²) in [4.78, 5) is 51.4. The minimum atomic E-state index is -0.858. The average molecular weight is 613 g/mol. The molecule has 0 bridgehead atoms. The molecule has 4 rings (SSSR count). The lowest BCUT2D eigenvalue weighted by molar-refractivity contribution is -0.122. The van der Waals surface area contributed by atoms with Crippen LogP contribution in [-0.4, -0.2) is 37.5 Å². The standard InChI is InChI=1S/C28H23BrClN3O6/c1-15-4-7-19(10-16(15)2)31-24(34)14-39-25-22(30)12-17(13-23(25)38-3)11-21-26(35)32-28(37)33(27(21)36)20-8-5-18(29)6-9-20/h4-13H,14H2,1-3H3,(H,31,34)(H,32,35,37)/b21-11+. The van der Waals surface area contributed by atoms with E-state index in [9.17, 15) is 19.2 Å². The summed E-state index contributed by atoms with van der Waals surface area (Å²) in [6.45, 7) is 3.59. The number of hydrogen-bond donors (Lipinski definition) is 2. The van der Waals surface area contributed by atoms with Crippen molar-refractivity contribution in [3.8, 4) is 11.5 Å². The summed E-state index contributed by atoms with van der Waals surface area (Å²) in [7, 11) is 1.39. The third-order valence-electron chi connectivity index (χ3n) is 5.89. The van der Waals surface area contributed by atoms with Crippen molar-refractivity contribution >= 4 is 68.7 Å². The van der Waals surface area contributed by atoms with Crippen LogP contribution in [0.4, 0.5) is 16.2 Å². The van der Waals surface area contributed by atoms with Crippen LogP contribution in [0.5, 0.6) is 11.5 Å². The summed E-state index contributed by atoms with van der Waals surface area (Å²) >= 11 is 9.73. The van der Waals surface area contributed by atoms with Crippen LogP contribution in [0, 0.1) is 13.8 Å². The fourth-order valence-corrected chi connectivity index (χ4v) is 4.30. The quantitative estimate of drug-likeness (QED) is 0.272. The summed E-state index contributed by atoms with van der Waals surface area (Å²) in [5.74, 6) is -1.76. The Kier molecular flexibility index (Phi) is 8.37. The van der Waals surface area contributed by atoms with Crippen molar-refractivity contribution in [3.63, 3.8) is 0 Å². The first kappa shape index (κ1) is 27.9. The van der Waals surface area contributed by atoms with Gasteiger partial charge in [-0.1, -0.05) is 33.6 Å². The second-order valence-electron chi connectivity index (χ2n) is 8.60. The van der Waals surface area contributed by atoms with Crippen molar-refractivity contribution in [2.45, 2.75) is 13.8 Å². The number of barbiturate groups is 1. The van der Waals surface area contributed by atoms with E-state index in [0.717, 1.165) is 20.5 Å². The highest BCUT2D eigenvalue weighted by Gasteiger charge is 2.36. The van der Waals surface area contributed by atoms with Crippen molar-refractivity contribution in [3.05, 3.63) is 86.4 Å². The highest BCUT2D eigenvalue weighted by atomic mass is 79.9. The number of carbonyl (C=O) groups is 4. The molecule has 1 aliphatic heterocycles. The van der Waals surface area contributed by atoms with Gasteiger partial charge < -0.3 is 14.8 Å². The van der Waals surface area contributed by atoms with E-state index in [2.05, 4.69) is 26.6 Å². The molecule has 0 unspecified atom stereocenters. The number of nitrogens with one attached hydrogen (secondary N) is 2. The second kappa shape index (κ2) is 11.7. The van der Waals surface area contributed by atoms with E-state index in [1.54, 1.807) is 30.3 Å². The first-order valence-electron chi connectivity index (χ1n) is 11.6. The van der Waals surface area contributed by atoms with Crippen molar-refractivity contribution in [2.24, 2.45) is 0 Å². The van der Waals surface area contributed by atoms with Gasteiger partial charge >= 0.3 is 6.03 Å². The van der Waals surface area contributed by atoms with Gasteiger partial charge in [0.05, 0.1) is 17.8 Å². The van der Waals surface area contributed by atoms with Gasteiger partial charge in [-0.3, -0.25) is 19.7 Å². The average Bonchev–Trinajstić information content (AvgIpc) is 2.88. The Labute approximate surface area is 237 Å². The summed E-state index contributed by atoms with van der Waals surface area (Å²) < 4.78 is 11.8. The van der Waals surface area contributed by atoms with Crippen molar-refractivity contribution < 1.29 is 28.7 Å². The number of carbonyl (C=O) groups excluding carboxylic acids is 4. The number of rotatable bonds is 7. The molecule has 3 aromatic carbocycles. The van der Waals surface area contributed by atoms with Gasteiger partial charge in [0.15, 0.2) is 18.1 Å². The van der Waals surface area contributed by atoms with Crippen LogP contribution < -0.4 is 25.0 Å². The summed E-state index contributed by atoms with van der Waals surface area (Å²) in [5.41, 5.74) is 3.13. The van der Waals surface area contributed by atoms with Crippen molar-refractivity contribution in [1.29, 1.82) is 0 Å². The van der Waals surface area contributed by atoms with E-state index in [0.29, 0.717) is 11.3 Å². The van der Waals surface area contributed by atoms with E-state index in [1.165, 1.54) is 25.3 Å². The molecule has 11 heteroatoms. The molecule has 1 fully saturated rings. The molecule has 0 radical (unpaired) electrons. The molecular formula is C28H23BrClN3O6. The second-order valence-corrected chi connectivity index (χ2v) is 9.93. The van der Waals surface area contributed by atoms with Crippen LogP contribution in [0.25, 0.3) is 6.08 Å². The lowest BCUT2D eigenvalue weighted by Gasteiger charge is -2.26. The van der Waals surface area contributed by atoms with Gasteiger partial charge in [-0.15, -0.1) is 0 Å². The number of aryl methyl sites for hydroxylation is 2. The molecule has 2 N–H and O–H groups in total. The summed E-state index contributed by atoms with van der Waals surface area (Å²) in [6, 6.07) is 14.1. The summed E-state index contributed by atoms with van der Waals surface area (Å²) in [5, 5.41) is 5.02. The maximum Gasteiger partial charge on any atom is 0.335 e. The zero-order valence-corrected chi connectivity index (χ0v) is 23.5. The van der Waals surface area contributed by atoms with Gasteiger partial charge in [-0.25, -0.2) is 9.69 Å². The molecule has 39 heavy (non-hydrogen) atoms. The third kappa shape index (κ3) is 6.30. The molecule has 1 heterocycles. The van der Waals surface area contributed by atoms with Gasteiger partial charge in [-0.2, -0.15) is 0 Å². The number of benzene rings is 3. The molecule has 3 aromatic rings. The van der Waals surface area contributed by atoms with Crippen LogP contribution in [0.2, 0.25) is 5.02 Å². The number of hydrogen-bond acceptors (Lipinski definition) is 6. The van der Waals surface area contributed by atoms with E-state index < -0.39 is 23.8 Å². The lowest BCUT2D eigenvalue weighted by Crippen LogP contribution is -2.54. The van der Waals surface area contributed by atoms with E-state index in [4.69, 9.17) is 21.1 Å². The van der Waals surface area contributed by atoms with Crippen molar-refractivity contribution in [2.75, 3.05) is 23.9 Å². The number of amides is 5. The molecule has 0 saturated carbocycles. The Morgan fingerprint density at radius 1 is 1.05 bits per heavy atom. The normalized spacial score (nSPS) is 14.3. The maximum absolute atomic E-state index is 13.1. The highest BCUT2D eigenvalue weighted by Crippen LogP contribution is 2.37. The Balaban J connectivity index is 1.54. The predicted octanol–water partition coefficient (Wildman–Crippen LogP) is 5.41. The smallest absolute Gasteiger partial charge is 0.335 e. The molecular weight excluding hydrogens is 590 g/mol. The molecule has 200 valence electrons. The molecule has 0 spiro atoms. The predicted molar refractivity (Wildman–Crippen MR) is 151 cm³/mol. The number of anilines is 2. The van der Waals surface area contributed by atoms with Gasteiger partial charge in [0.25, 0.3) is 17.7 Å². The zero-order valence-electron chi connectivity index (χ0n) is 21.1. The molecule has 1 aliphatic rings. The molecule has 1 saturated heterocycles. The van der Waals surface area contributed by atoms with Crippen LogP contribution in [0.15, 0.2) is 64.6 Å². The zero-order chi connectivity index (χ0) is 28.3. The number of ether oxygens (including phenoxy) is 2. The van der Waals surface area contributed by atoms with Gasteiger partial charge in [0.1, 0.15) is 5.57 Å². The first-order valence-corrected chi connectivity index (χ1v) is 12.8. The van der Waals surface area contributed by atoms with Crippen LogP contribution in [-0.2, 0) is 14.4 Å². The van der Waals surface area contributed by atoms with Crippen LogP contribution >= 0.6 is 27.5 Å².